The smallest absolute Gasteiger partial charge is 0.266 e. The number of nitrogens with one attached hydrogen (secondary N) is 1. The summed E-state index contributed by atoms with van der Waals surface area (Å²) in [7, 11) is 0. The maximum atomic E-state index is 11.4. The number of aromatic hydroxyl groups is 2. The second kappa shape index (κ2) is 4.26. The third-order valence-corrected chi connectivity index (χ3v) is 2.65. The van der Waals surface area contributed by atoms with Gasteiger partial charge in [-0.3, -0.25) is 4.79 Å². The SMILES string of the molecule is Cc1[nH]c(=O)c(C#N)cc1-c1ccc(O)c(O)c1. The van der Waals surface area contributed by atoms with Crippen LogP contribution in [0.25, 0.3) is 11.1 Å². The Morgan fingerprint density at radius 2 is 1.94 bits per heavy atom. The van der Waals surface area contributed by atoms with Gasteiger partial charge in [-0.15, -0.1) is 0 Å². The fourth-order valence-corrected chi connectivity index (χ4v) is 1.70. The number of hydrogen-bond donors (Lipinski definition) is 3. The van der Waals surface area contributed by atoms with Crippen molar-refractivity contribution in [2.45, 2.75) is 6.92 Å². The molecule has 0 radical (unpaired) electrons. The summed E-state index contributed by atoms with van der Waals surface area (Å²) in [5, 5.41) is 27.5. The Kier molecular flexibility index (Phi) is 2.78. The normalized spacial score (nSPS) is 10.0. The minimum Gasteiger partial charge on any atom is -0.504 e. The van der Waals surface area contributed by atoms with Crippen molar-refractivity contribution in [3.8, 4) is 28.7 Å². The second-order valence-electron chi connectivity index (χ2n) is 3.87. The van der Waals surface area contributed by atoms with Crippen molar-refractivity contribution in [1.82, 2.24) is 4.98 Å². The number of nitriles is 1. The van der Waals surface area contributed by atoms with Gasteiger partial charge in [-0.2, -0.15) is 5.26 Å². The molecular formula is C13H10N2O3. The van der Waals surface area contributed by atoms with Crippen LogP contribution in [0.5, 0.6) is 11.5 Å². The molecule has 0 atom stereocenters. The summed E-state index contributed by atoms with van der Waals surface area (Å²) in [6, 6.07) is 7.58. The van der Waals surface area contributed by atoms with Gasteiger partial charge in [0.1, 0.15) is 11.6 Å². The first kappa shape index (κ1) is 11.7. The van der Waals surface area contributed by atoms with Gasteiger partial charge in [0.15, 0.2) is 11.5 Å². The van der Waals surface area contributed by atoms with Crippen LogP contribution in [0, 0.1) is 18.3 Å². The Balaban J connectivity index is 2.67. The van der Waals surface area contributed by atoms with E-state index >= 15 is 0 Å². The number of rotatable bonds is 1. The number of phenolic OH excluding ortho intramolecular Hbond substituents is 2. The Morgan fingerprint density at radius 1 is 1.22 bits per heavy atom. The molecule has 0 bridgehead atoms. The van der Waals surface area contributed by atoms with Gasteiger partial charge in [0.25, 0.3) is 5.56 Å². The lowest BCUT2D eigenvalue weighted by atomic mass is 10.0. The minimum atomic E-state index is -0.443. The van der Waals surface area contributed by atoms with Gasteiger partial charge < -0.3 is 15.2 Å². The van der Waals surface area contributed by atoms with Gasteiger partial charge in [-0.25, -0.2) is 0 Å². The second-order valence-corrected chi connectivity index (χ2v) is 3.87. The summed E-state index contributed by atoms with van der Waals surface area (Å²) in [5.74, 6) is -0.474. The third kappa shape index (κ3) is 1.92. The molecular weight excluding hydrogens is 232 g/mol. The van der Waals surface area contributed by atoms with Gasteiger partial charge >= 0.3 is 0 Å². The van der Waals surface area contributed by atoms with Crippen LogP contribution in [0.2, 0.25) is 0 Å². The Labute approximate surface area is 103 Å². The van der Waals surface area contributed by atoms with Crippen molar-refractivity contribution < 1.29 is 10.2 Å². The molecule has 0 aliphatic carbocycles. The number of aromatic amines is 1. The quantitative estimate of drug-likeness (QED) is 0.662. The zero-order valence-electron chi connectivity index (χ0n) is 9.56. The first-order valence-electron chi connectivity index (χ1n) is 5.19. The van der Waals surface area contributed by atoms with E-state index in [9.17, 15) is 15.0 Å². The number of pyridine rings is 1. The van der Waals surface area contributed by atoms with Crippen LogP contribution >= 0.6 is 0 Å². The van der Waals surface area contributed by atoms with E-state index in [1.54, 1.807) is 19.1 Å². The molecule has 18 heavy (non-hydrogen) atoms. The van der Waals surface area contributed by atoms with E-state index in [2.05, 4.69) is 4.98 Å². The van der Waals surface area contributed by atoms with Gasteiger partial charge in [0.05, 0.1) is 0 Å². The lowest BCUT2D eigenvalue weighted by Gasteiger charge is -2.07. The van der Waals surface area contributed by atoms with Crippen molar-refractivity contribution in [1.29, 1.82) is 5.26 Å². The molecule has 1 aromatic carbocycles. The Hall–Kier alpha value is -2.74. The highest BCUT2D eigenvalue weighted by Gasteiger charge is 2.09. The zero-order chi connectivity index (χ0) is 13.3. The molecule has 0 saturated heterocycles. The minimum absolute atomic E-state index is 0.00293. The van der Waals surface area contributed by atoms with Crippen molar-refractivity contribution in [2.24, 2.45) is 0 Å². The highest BCUT2D eigenvalue weighted by Crippen LogP contribution is 2.31. The molecule has 0 unspecified atom stereocenters. The molecule has 5 nitrogen and oxygen atoms in total. The summed E-state index contributed by atoms with van der Waals surface area (Å²) in [6.07, 6.45) is 0. The van der Waals surface area contributed by atoms with Crippen LogP contribution in [0.15, 0.2) is 29.1 Å². The molecule has 1 heterocycles. The number of aromatic nitrogens is 1. The maximum absolute atomic E-state index is 11.4. The predicted octanol–water partition coefficient (Wildman–Crippen LogP) is 1.63. The first-order valence-corrected chi connectivity index (χ1v) is 5.19. The van der Waals surface area contributed by atoms with E-state index in [-0.39, 0.29) is 17.1 Å². The van der Waals surface area contributed by atoms with Crippen LogP contribution in [0.1, 0.15) is 11.3 Å². The summed E-state index contributed by atoms with van der Waals surface area (Å²) >= 11 is 0. The number of hydrogen-bond acceptors (Lipinski definition) is 4. The van der Waals surface area contributed by atoms with E-state index in [1.165, 1.54) is 18.2 Å². The molecule has 5 heteroatoms. The van der Waals surface area contributed by atoms with Crippen LogP contribution in [-0.4, -0.2) is 15.2 Å². The third-order valence-electron chi connectivity index (χ3n) is 2.65. The Morgan fingerprint density at radius 3 is 2.56 bits per heavy atom. The monoisotopic (exact) mass is 242 g/mol. The fourth-order valence-electron chi connectivity index (χ4n) is 1.70. The average molecular weight is 242 g/mol. The lowest BCUT2D eigenvalue weighted by molar-refractivity contribution is 0.404. The predicted molar refractivity (Wildman–Crippen MR) is 65.3 cm³/mol. The summed E-state index contributed by atoms with van der Waals surface area (Å²) in [6.45, 7) is 1.70. The van der Waals surface area contributed by atoms with Gasteiger partial charge in [-0.05, 0) is 30.7 Å². The standard InChI is InChI=1S/C13H10N2O3/c1-7-10(4-9(6-14)13(18)15-7)8-2-3-11(16)12(17)5-8/h2-5,16-17H,1H3,(H,15,18). The van der Waals surface area contributed by atoms with Crippen molar-refractivity contribution >= 4 is 0 Å². The molecule has 0 fully saturated rings. The van der Waals surface area contributed by atoms with Crippen molar-refractivity contribution in [3.63, 3.8) is 0 Å². The molecule has 1 aromatic heterocycles. The highest BCUT2D eigenvalue weighted by molar-refractivity contribution is 5.69. The maximum Gasteiger partial charge on any atom is 0.266 e. The molecule has 0 spiro atoms. The largest absolute Gasteiger partial charge is 0.504 e. The number of nitrogens with zero attached hydrogens (tertiary/aromatic N) is 1. The molecule has 0 amide bonds. The summed E-state index contributed by atoms with van der Waals surface area (Å²) in [4.78, 5) is 14.0. The van der Waals surface area contributed by atoms with Crippen molar-refractivity contribution in [2.75, 3.05) is 0 Å². The van der Waals surface area contributed by atoms with Crippen LogP contribution in [0.3, 0.4) is 0 Å². The van der Waals surface area contributed by atoms with Crippen LogP contribution in [0.4, 0.5) is 0 Å². The number of H-pyrrole nitrogens is 1. The highest BCUT2D eigenvalue weighted by atomic mass is 16.3. The summed E-state index contributed by atoms with van der Waals surface area (Å²) in [5.41, 5.74) is 1.38. The number of benzene rings is 1. The Bertz CT molecular complexity index is 711. The molecule has 2 rings (SSSR count). The fraction of sp³-hybridized carbons (Fsp3) is 0.0769. The molecule has 0 aliphatic rings. The number of aryl methyl sites for hydroxylation is 1. The van der Waals surface area contributed by atoms with E-state index < -0.39 is 5.56 Å². The number of phenols is 2. The molecule has 2 aromatic rings. The van der Waals surface area contributed by atoms with Crippen LogP contribution in [-0.2, 0) is 0 Å². The molecule has 3 N–H and O–H groups in total. The molecule has 0 saturated carbocycles. The van der Waals surface area contributed by atoms with Crippen molar-refractivity contribution in [3.05, 3.63) is 45.9 Å². The van der Waals surface area contributed by atoms with Gasteiger partial charge in [0.2, 0.25) is 0 Å². The van der Waals surface area contributed by atoms with E-state index in [0.29, 0.717) is 16.8 Å². The van der Waals surface area contributed by atoms with E-state index in [4.69, 9.17) is 5.26 Å². The van der Waals surface area contributed by atoms with Gasteiger partial charge in [-0.1, -0.05) is 6.07 Å². The summed E-state index contributed by atoms with van der Waals surface area (Å²) < 4.78 is 0. The lowest BCUT2D eigenvalue weighted by Crippen LogP contribution is -2.11. The topological polar surface area (TPSA) is 97.1 Å². The zero-order valence-corrected chi connectivity index (χ0v) is 9.56. The molecule has 0 aliphatic heterocycles. The van der Waals surface area contributed by atoms with E-state index in [1.807, 2.05) is 0 Å². The van der Waals surface area contributed by atoms with E-state index in [0.717, 1.165) is 0 Å². The van der Waals surface area contributed by atoms with Gasteiger partial charge in [0, 0.05) is 11.3 Å². The average Bonchev–Trinajstić information content (AvgIpc) is 2.33. The first-order chi connectivity index (χ1) is 8.52. The van der Waals surface area contributed by atoms with Crippen LogP contribution < -0.4 is 5.56 Å². The molecule has 90 valence electrons.